The minimum Gasteiger partial charge on any atom is -1.00 e. The molecule has 304 valence electrons. The molecule has 0 saturated carbocycles. The van der Waals surface area contributed by atoms with Crippen molar-refractivity contribution in [2.45, 2.75) is 156 Å². The maximum atomic E-state index is 2.73. The summed E-state index contributed by atoms with van der Waals surface area (Å²) in [5, 5.41) is 0. The van der Waals surface area contributed by atoms with Gasteiger partial charge < -0.3 is 24.8 Å². The molecule has 0 fully saturated rings. The second-order valence-corrected chi connectivity index (χ2v) is 28.3. The standard InChI is InChI=1S/C29H41.C15H14.C10H15.2ClH.Zr/c1-26(2,3)22-14-18-13-19-15-23(27(4,5)6)25(29(10,11)12)17-21(19)20(18)16-24(22)28(7,8)9;1-12-3-7-14(8-4-12)11-15-9-5-13(2)6-10-15;1-8-6-5-7-9(8)10(2,3)4;;;/h13-17H,1-12H3;3-10H,1-2H3;6H,5H2,1-4H3;2*1H;/q;;;;;+2/p-2. The van der Waals surface area contributed by atoms with Crippen molar-refractivity contribution in [3.05, 3.63) is 149 Å². The third kappa shape index (κ3) is 9.23. The second-order valence-electron chi connectivity index (χ2n) is 22.1. The molecule has 2 aliphatic rings. The van der Waals surface area contributed by atoms with Crippen molar-refractivity contribution in [3.63, 3.8) is 0 Å². The molecule has 2 aliphatic carbocycles. The van der Waals surface area contributed by atoms with Crippen LogP contribution in [0.25, 0.3) is 11.1 Å². The van der Waals surface area contributed by atoms with Gasteiger partial charge in [-0.2, -0.15) is 0 Å². The molecule has 57 heavy (non-hydrogen) atoms. The van der Waals surface area contributed by atoms with E-state index in [1.807, 2.05) is 0 Å². The van der Waals surface area contributed by atoms with Crippen LogP contribution in [0.4, 0.5) is 0 Å². The summed E-state index contributed by atoms with van der Waals surface area (Å²) >= 11 is -3.06. The van der Waals surface area contributed by atoms with E-state index >= 15 is 0 Å². The molecule has 0 unspecified atom stereocenters. The van der Waals surface area contributed by atoms with Crippen molar-refractivity contribution in [2.75, 3.05) is 0 Å². The van der Waals surface area contributed by atoms with Gasteiger partial charge in [-0.1, -0.05) is 0 Å². The van der Waals surface area contributed by atoms with Crippen LogP contribution < -0.4 is 24.8 Å². The fraction of sp³-hybridized carbons (Fsp3) is 0.463. The molecule has 0 N–H and O–H groups in total. The number of fused-ring (bicyclic) bond motifs is 3. The maximum Gasteiger partial charge on any atom is -1.00 e. The number of rotatable bonds is 4. The quantitative estimate of drug-likeness (QED) is 0.192. The summed E-state index contributed by atoms with van der Waals surface area (Å²) in [5.41, 5.74) is 20.8. The van der Waals surface area contributed by atoms with E-state index in [1.54, 1.807) is 23.2 Å². The smallest absolute Gasteiger partial charge is 1.00 e. The van der Waals surface area contributed by atoms with E-state index < -0.39 is 21.3 Å². The predicted molar refractivity (Wildman–Crippen MR) is 239 cm³/mol. The zero-order valence-corrected chi connectivity index (χ0v) is 42.5. The van der Waals surface area contributed by atoms with Crippen LogP contribution in [0, 0.1) is 19.3 Å². The van der Waals surface area contributed by atoms with Crippen molar-refractivity contribution >= 4 is 3.21 Å². The SMILES string of the molecule is CC1=CC[C]([Zr+2](=[C](c2ccc(C)cc2)c2ccc(C)cc2)[CH]2c3cc(C(C)(C)C)c(C(C)(C)C)cc3-c3cc(C(C)(C)C)c(C(C)(C)C)cc32)=C1C(C)(C)C.[Cl-].[Cl-]. The molecule has 0 radical (unpaired) electrons. The van der Waals surface area contributed by atoms with E-state index in [-0.39, 0.29) is 51.9 Å². The fourth-order valence-corrected chi connectivity index (χ4v) is 19.7. The molecule has 3 heteroatoms. The number of hydrogen-bond donors (Lipinski definition) is 0. The van der Waals surface area contributed by atoms with Crippen LogP contribution in [0.15, 0.2) is 93.3 Å². The minimum absolute atomic E-state index is 0. The van der Waals surface area contributed by atoms with Gasteiger partial charge in [-0.3, -0.25) is 0 Å². The summed E-state index contributed by atoms with van der Waals surface area (Å²) in [7, 11) is 0. The minimum atomic E-state index is -3.06. The van der Waals surface area contributed by atoms with E-state index in [2.05, 4.69) is 203 Å². The Morgan fingerprint density at radius 2 is 0.807 bits per heavy atom. The number of benzene rings is 4. The number of allylic oxidation sites excluding steroid dienone is 4. The molecule has 0 spiro atoms. The molecular weight excluding hydrogens is 811 g/mol. The Morgan fingerprint density at radius 3 is 1.12 bits per heavy atom. The molecule has 4 aromatic rings. The molecule has 0 amide bonds. The number of hydrogen-bond acceptors (Lipinski definition) is 0. The molecule has 0 aliphatic heterocycles. The van der Waals surface area contributed by atoms with Gasteiger partial charge in [0, 0.05) is 0 Å². The molecular formula is C54H70Cl2Zr. The van der Waals surface area contributed by atoms with Gasteiger partial charge in [0.15, 0.2) is 0 Å². The van der Waals surface area contributed by atoms with Crippen LogP contribution in [0.2, 0.25) is 0 Å². The second kappa shape index (κ2) is 16.3. The van der Waals surface area contributed by atoms with Crippen LogP contribution in [0.3, 0.4) is 0 Å². The van der Waals surface area contributed by atoms with E-state index in [0.29, 0.717) is 3.63 Å². The van der Waals surface area contributed by atoms with Crippen molar-refractivity contribution in [1.29, 1.82) is 0 Å². The molecule has 6 rings (SSSR count). The summed E-state index contributed by atoms with van der Waals surface area (Å²) < 4.78 is 3.75. The Kier molecular flexibility index (Phi) is 13.5. The monoisotopic (exact) mass is 878 g/mol. The van der Waals surface area contributed by atoms with Crippen molar-refractivity contribution < 1.29 is 46.1 Å². The van der Waals surface area contributed by atoms with Gasteiger partial charge in [0.05, 0.1) is 0 Å². The maximum absolute atomic E-state index is 3.06. The first-order chi connectivity index (χ1) is 25.2. The van der Waals surface area contributed by atoms with E-state index in [1.165, 1.54) is 61.2 Å². The average Bonchev–Trinajstić information content (AvgIpc) is 3.59. The summed E-state index contributed by atoms with van der Waals surface area (Å²) in [6, 6.07) is 29.9. The molecule has 4 aromatic carbocycles. The van der Waals surface area contributed by atoms with Crippen molar-refractivity contribution in [1.82, 2.24) is 0 Å². The Bertz CT molecular complexity index is 2110. The Balaban J connectivity index is 0.00000360. The molecule has 0 atom stereocenters. The summed E-state index contributed by atoms with van der Waals surface area (Å²) in [4.78, 5) is 0. The first kappa shape index (κ1) is 47.4. The largest absolute Gasteiger partial charge is 1.00 e. The third-order valence-electron chi connectivity index (χ3n) is 12.1. The zero-order valence-electron chi connectivity index (χ0n) is 38.5. The van der Waals surface area contributed by atoms with Gasteiger partial charge in [0.25, 0.3) is 0 Å². The summed E-state index contributed by atoms with van der Waals surface area (Å²) in [6.45, 7) is 43.3. The zero-order chi connectivity index (χ0) is 40.8. The van der Waals surface area contributed by atoms with E-state index in [4.69, 9.17) is 0 Å². The van der Waals surface area contributed by atoms with Crippen LogP contribution >= 0.6 is 0 Å². The van der Waals surface area contributed by atoms with Crippen molar-refractivity contribution in [3.8, 4) is 11.1 Å². The Morgan fingerprint density at radius 1 is 0.474 bits per heavy atom. The topological polar surface area (TPSA) is 0 Å². The van der Waals surface area contributed by atoms with Crippen molar-refractivity contribution in [2.24, 2.45) is 5.41 Å². The van der Waals surface area contributed by atoms with Gasteiger partial charge in [-0.05, 0) is 0 Å². The van der Waals surface area contributed by atoms with Crippen LogP contribution in [-0.2, 0) is 42.9 Å². The predicted octanol–water partition coefficient (Wildman–Crippen LogP) is 9.11. The molecule has 0 nitrogen and oxygen atoms in total. The Hall–Kier alpha value is -2.31. The third-order valence-corrected chi connectivity index (χ3v) is 20.6. The van der Waals surface area contributed by atoms with Crippen LogP contribution in [0.5, 0.6) is 0 Å². The van der Waals surface area contributed by atoms with E-state index in [9.17, 15) is 0 Å². The molecule has 0 aromatic heterocycles. The average molecular weight is 881 g/mol. The fourth-order valence-electron chi connectivity index (χ4n) is 9.51. The first-order valence-electron chi connectivity index (χ1n) is 20.9. The first-order valence-corrected chi connectivity index (χ1v) is 24.7. The number of aryl methyl sites for hydroxylation is 2. The Labute approximate surface area is 368 Å². The summed E-state index contributed by atoms with van der Waals surface area (Å²) in [6.07, 6.45) is 3.63. The van der Waals surface area contributed by atoms with Crippen LogP contribution in [0.1, 0.15) is 176 Å². The van der Waals surface area contributed by atoms with E-state index in [0.717, 1.165) is 6.42 Å². The molecule has 0 saturated heterocycles. The van der Waals surface area contributed by atoms with Gasteiger partial charge >= 0.3 is 346 Å². The molecule has 0 heterocycles. The normalized spacial score (nSPS) is 14.6. The van der Waals surface area contributed by atoms with Gasteiger partial charge in [-0.25, -0.2) is 0 Å². The molecule has 0 bridgehead atoms. The van der Waals surface area contributed by atoms with Gasteiger partial charge in [0.2, 0.25) is 0 Å². The summed E-state index contributed by atoms with van der Waals surface area (Å²) in [5.74, 6) is 0. The number of halogens is 2. The van der Waals surface area contributed by atoms with Crippen LogP contribution in [-0.4, -0.2) is 3.21 Å². The van der Waals surface area contributed by atoms with Gasteiger partial charge in [-0.15, -0.1) is 0 Å². The van der Waals surface area contributed by atoms with Gasteiger partial charge in [0.1, 0.15) is 0 Å².